The van der Waals surface area contributed by atoms with E-state index in [0.717, 1.165) is 34.1 Å². The molecule has 4 nitrogen and oxygen atoms in total. The van der Waals surface area contributed by atoms with Crippen LogP contribution in [0.3, 0.4) is 0 Å². The number of halogens is 1. The number of aromatic nitrogens is 1. The summed E-state index contributed by atoms with van der Waals surface area (Å²) in [5, 5.41) is 6.34. The van der Waals surface area contributed by atoms with Gasteiger partial charge in [0.05, 0.1) is 5.69 Å². The van der Waals surface area contributed by atoms with E-state index in [9.17, 15) is 9.18 Å². The van der Waals surface area contributed by atoms with Crippen molar-refractivity contribution in [3.05, 3.63) is 64.8 Å². The first-order valence-corrected chi connectivity index (χ1v) is 10.1. The highest BCUT2D eigenvalue weighted by Gasteiger charge is 2.26. The molecule has 4 rings (SSSR count). The molecule has 0 unspecified atom stereocenters. The molecule has 1 aromatic heterocycles. The minimum atomic E-state index is -0.341. The van der Waals surface area contributed by atoms with E-state index >= 15 is 0 Å². The Hall–Kier alpha value is -2.73. The van der Waals surface area contributed by atoms with E-state index in [0.29, 0.717) is 12.1 Å². The van der Waals surface area contributed by atoms with E-state index < -0.39 is 0 Å². The van der Waals surface area contributed by atoms with Gasteiger partial charge < -0.3 is 10.2 Å². The smallest absolute Gasteiger partial charge is 0.258 e. The highest BCUT2D eigenvalue weighted by Crippen LogP contribution is 2.34. The van der Waals surface area contributed by atoms with E-state index in [1.54, 1.807) is 16.2 Å². The number of hydrogen-bond acceptors (Lipinski definition) is 4. The first-order valence-electron chi connectivity index (χ1n) is 9.25. The fraction of sp³-hybridized carbons (Fsp3) is 0.273. The second kappa shape index (κ2) is 7.02. The van der Waals surface area contributed by atoms with Gasteiger partial charge >= 0.3 is 0 Å². The maximum absolute atomic E-state index is 13.1. The van der Waals surface area contributed by atoms with Crippen molar-refractivity contribution in [1.82, 2.24) is 4.98 Å². The van der Waals surface area contributed by atoms with Gasteiger partial charge in [0.1, 0.15) is 5.82 Å². The molecule has 0 radical (unpaired) electrons. The number of fused-ring (bicyclic) bond motifs is 1. The maximum Gasteiger partial charge on any atom is 0.258 e. The second-order valence-electron chi connectivity index (χ2n) is 7.97. The molecule has 0 atom stereocenters. The number of carbonyl (C=O) groups excluding carboxylic acids is 1. The van der Waals surface area contributed by atoms with Gasteiger partial charge in [-0.15, -0.1) is 11.3 Å². The number of nitrogens with one attached hydrogen (secondary N) is 1. The molecule has 144 valence electrons. The Balaban J connectivity index is 1.57. The SMILES string of the molecule is CC(C)(C)Nc1nc(-c2ccc3c(c2)CCN3C(=O)c2ccc(F)cc2)cs1. The Labute approximate surface area is 168 Å². The molecule has 0 fully saturated rings. The number of carbonyl (C=O) groups is 1. The summed E-state index contributed by atoms with van der Waals surface area (Å²) < 4.78 is 13.1. The lowest BCUT2D eigenvalue weighted by molar-refractivity contribution is 0.0989. The van der Waals surface area contributed by atoms with Crippen molar-refractivity contribution in [3.63, 3.8) is 0 Å². The lowest BCUT2D eigenvalue weighted by Gasteiger charge is -2.19. The van der Waals surface area contributed by atoms with Gasteiger partial charge in [-0.05, 0) is 69.2 Å². The number of benzene rings is 2. The van der Waals surface area contributed by atoms with Gasteiger partial charge in [0.2, 0.25) is 0 Å². The molecule has 3 aromatic rings. The fourth-order valence-electron chi connectivity index (χ4n) is 3.30. The normalized spacial score (nSPS) is 13.5. The molecular formula is C22H22FN3OS. The molecule has 0 spiro atoms. The van der Waals surface area contributed by atoms with Crippen molar-refractivity contribution in [3.8, 4) is 11.3 Å². The highest BCUT2D eigenvalue weighted by atomic mass is 32.1. The van der Waals surface area contributed by atoms with Crippen molar-refractivity contribution in [2.75, 3.05) is 16.8 Å². The lowest BCUT2D eigenvalue weighted by atomic mass is 10.1. The van der Waals surface area contributed by atoms with E-state index in [4.69, 9.17) is 4.98 Å². The monoisotopic (exact) mass is 395 g/mol. The number of thiazole rings is 1. The van der Waals surface area contributed by atoms with Crippen molar-refractivity contribution in [2.45, 2.75) is 32.7 Å². The van der Waals surface area contributed by atoms with Crippen LogP contribution in [-0.4, -0.2) is 23.0 Å². The predicted octanol–water partition coefficient (Wildman–Crippen LogP) is 5.36. The van der Waals surface area contributed by atoms with Crippen molar-refractivity contribution < 1.29 is 9.18 Å². The summed E-state index contributed by atoms with van der Waals surface area (Å²) in [4.78, 5) is 19.3. The van der Waals surface area contributed by atoms with Crippen LogP contribution < -0.4 is 10.2 Å². The summed E-state index contributed by atoms with van der Waals surface area (Å²) in [7, 11) is 0. The molecule has 1 aliphatic rings. The molecular weight excluding hydrogens is 373 g/mol. The Morgan fingerprint density at radius 3 is 2.64 bits per heavy atom. The molecule has 2 heterocycles. The van der Waals surface area contributed by atoms with Crippen LogP contribution >= 0.6 is 11.3 Å². The number of rotatable bonds is 3. The van der Waals surface area contributed by atoms with Crippen LogP contribution in [0.4, 0.5) is 15.2 Å². The Morgan fingerprint density at radius 1 is 1.18 bits per heavy atom. The molecule has 2 aromatic carbocycles. The zero-order chi connectivity index (χ0) is 19.9. The molecule has 0 saturated carbocycles. The summed E-state index contributed by atoms with van der Waals surface area (Å²) >= 11 is 1.59. The molecule has 0 bridgehead atoms. The minimum Gasteiger partial charge on any atom is -0.357 e. The van der Waals surface area contributed by atoms with Crippen LogP contribution in [0.15, 0.2) is 47.8 Å². The quantitative estimate of drug-likeness (QED) is 0.649. The number of amides is 1. The van der Waals surface area contributed by atoms with Crippen molar-refractivity contribution in [1.29, 1.82) is 0 Å². The van der Waals surface area contributed by atoms with Gasteiger partial charge in [-0.1, -0.05) is 6.07 Å². The summed E-state index contributed by atoms with van der Waals surface area (Å²) in [5.41, 5.74) is 4.49. The fourth-order valence-corrected chi connectivity index (χ4v) is 4.23. The summed E-state index contributed by atoms with van der Waals surface area (Å²) in [5.74, 6) is -0.441. The molecule has 1 amide bonds. The number of hydrogen-bond donors (Lipinski definition) is 1. The third-order valence-corrected chi connectivity index (χ3v) is 5.35. The average molecular weight is 396 g/mol. The molecule has 6 heteroatoms. The van der Waals surface area contributed by atoms with Crippen LogP contribution in [-0.2, 0) is 6.42 Å². The summed E-state index contributed by atoms with van der Waals surface area (Å²) in [6.07, 6.45) is 0.799. The number of nitrogens with zero attached hydrogens (tertiary/aromatic N) is 2. The van der Waals surface area contributed by atoms with Gasteiger partial charge in [-0.25, -0.2) is 9.37 Å². The third kappa shape index (κ3) is 3.78. The van der Waals surface area contributed by atoms with Crippen molar-refractivity contribution in [2.24, 2.45) is 0 Å². The van der Waals surface area contributed by atoms with Gasteiger partial charge in [-0.3, -0.25) is 4.79 Å². The lowest BCUT2D eigenvalue weighted by Crippen LogP contribution is -2.28. The van der Waals surface area contributed by atoms with Gasteiger partial charge in [-0.2, -0.15) is 0 Å². The molecule has 0 saturated heterocycles. The van der Waals surface area contributed by atoms with Crippen LogP contribution in [0.25, 0.3) is 11.3 Å². The highest BCUT2D eigenvalue weighted by molar-refractivity contribution is 7.14. The topological polar surface area (TPSA) is 45.2 Å². The van der Waals surface area contributed by atoms with Crippen LogP contribution in [0, 0.1) is 5.82 Å². The second-order valence-corrected chi connectivity index (χ2v) is 8.83. The van der Waals surface area contributed by atoms with Crippen LogP contribution in [0.2, 0.25) is 0 Å². The first kappa shape index (κ1) is 18.6. The summed E-state index contributed by atoms with van der Waals surface area (Å²) in [6, 6.07) is 11.8. The minimum absolute atomic E-state index is 0.0335. The molecule has 1 N–H and O–H groups in total. The standard InChI is InChI=1S/C22H22FN3OS/c1-22(2,3)25-21-24-18(13-28-21)15-6-9-19-16(12-15)10-11-26(19)20(27)14-4-7-17(23)8-5-14/h4-9,12-13H,10-11H2,1-3H3,(H,24,25). The van der Waals surface area contributed by atoms with Gasteiger partial charge in [0.25, 0.3) is 5.91 Å². The zero-order valence-corrected chi connectivity index (χ0v) is 16.9. The largest absolute Gasteiger partial charge is 0.357 e. The van der Waals surface area contributed by atoms with E-state index in [1.807, 2.05) is 17.5 Å². The Kier molecular flexibility index (Phi) is 4.67. The summed E-state index contributed by atoms with van der Waals surface area (Å²) in [6.45, 7) is 6.95. The third-order valence-electron chi connectivity index (χ3n) is 4.59. The van der Waals surface area contributed by atoms with E-state index in [-0.39, 0.29) is 17.3 Å². The van der Waals surface area contributed by atoms with Crippen LogP contribution in [0.1, 0.15) is 36.7 Å². The first-order chi connectivity index (χ1) is 13.3. The van der Waals surface area contributed by atoms with Crippen LogP contribution in [0.5, 0.6) is 0 Å². The predicted molar refractivity (Wildman–Crippen MR) is 113 cm³/mol. The van der Waals surface area contributed by atoms with E-state index in [1.165, 1.54) is 24.3 Å². The van der Waals surface area contributed by atoms with Gasteiger partial charge in [0, 0.05) is 34.3 Å². The molecule has 1 aliphatic heterocycles. The molecule has 0 aliphatic carbocycles. The Morgan fingerprint density at radius 2 is 1.93 bits per heavy atom. The van der Waals surface area contributed by atoms with Crippen molar-refractivity contribution >= 4 is 28.1 Å². The average Bonchev–Trinajstić information content (AvgIpc) is 3.26. The number of anilines is 2. The maximum atomic E-state index is 13.1. The zero-order valence-electron chi connectivity index (χ0n) is 16.1. The molecule has 28 heavy (non-hydrogen) atoms. The Bertz CT molecular complexity index is 1020. The van der Waals surface area contributed by atoms with E-state index in [2.05, 4.69) is 32.2 Å². The van der Waals surface area contributed by atoms with Gasteiger partial charge in [0.15, 0.2) is 5.13 Å².